The molecule has 1 saturated carbocycles. The number of hydrogen-bond donors (Lipinski definition) is 3. The minimum Gasteiger partial charge on any atom is -0.478 e. The SMILES string of the molecule is C[C@@H]1CCCC[C@H]1Nc1ccc(C(=O)O)cc1NC(=O)Cc1cncs1. The Balaban J connectivity index is 1.79. The van der Waals surface area contributed by atoms with Gasteiger partial charge in [-0.2, -0.15) is 0 Å². The molecule has 138 valence electrons. The number of carboxylic acids is 1. The van der Waals surface area contributed by atoms with Crippen LogP contribution in [0.1, 0.15) is 47.8 Å². The van der Waals surface area contributed by atoms with Gasteiger partial charge < -0.3 is 15.7 Å². The summed E-state index contributed by atoms with van der Waals surface area (Å²) in [4.78, 5) is 28.5. The quantitative estimate of drug-likeness (QED) is 0.711. The molecule has 3 rings (SSSR count). The number of hydrogen-bond acceptors (Lipinski definition) is 5. The van der Waals surface area contributed by atoms with Crippen LogP contribution in [0.4, 0.5) is 11.4 Å². The van der Waals surface area contributed by atoms with E-state index in [1.54, 1.807) is 23.8 Å². The molecule has 1 amide bonds. The predicted molar refractivity (Wildman–Crippen MR) is 103 cm³/mol. The Morgan fingerprint density at radius 3 is 2.77 bits per heavy atom. The lowest BCUT2D eigenvalue weighted by atomic mass is 9.86. The Hall–Kier alpha value is -2.41. The van der Waals surface area contributed by atoms with E-state index in [9.17, 15) is 14.7 Å². The molecule has 0 radical (unpaired) electrons. The van der Waals surface area contributed by atoms with Crippen LogP contribution in [0.5, 0.6) is 0 Å². The monoisotopic (exact) mass is 373 g/mol. The first kappa shape index (κ1) is 18.4. The highest BCUT2D eigenvalue weighted by Crippen LogP contribution is 2.31. The number of carboxylic acid groups (broad SMARTS) is 1. The lowest BCUT2D eigenvalue weighted by molar-refractivity contribution is -0.115. The third-order valence-electron chi connectivity index (χ3n) is 4.81. The van der Waals surface area contributed by atoms with Crippen LogP contribution in [0.15, 0.2) is 29.9 Å². The van der Waals surface area contributed by atoms with Crippen LogP contribution in [-0.4, -0.2) is 28.0 Å². The smallest absolute Gasteiger partial charge is 0.335 e. The minimum atomic E-state index is -1.01. The van der Waals surface area contributed by atoms with Gasteiger partial charge in [-0.05, 0) is 37.0 Å². The Morgan fingerprint density at radius 1 is 1.27 bits per heavy atom. The molecule has 0 saturated heterocycles. The molecule has 2 atom stereocenters. The van der Waals surface area contributed by atoms with Gasteiger partial charge >= 0.3 is 5.97 Å². The molecular weight excluding hydrogens is 350 g/mol. The second kappa shape index (κ2) is 8.31. The fourth-order valence-corrected chi connectivity index (χ4v) is 3.91. The summed E-state index contributed by atoms with van der Waals surface area (Å²) in [5.41, 5.74) is 3.12. The number of anilines is 2. The summed E-state index contributed by atoms with van der Waals surface area (Å²) in [6.45, 7) is 2.23. The highest BCUT2D eigenvalue weighted by molar-refractivity contribution is 7.09. The number of carbonyl (C=O) groups is 2. The number of carbonyl (C=O) groups excluding carboxylic acids is 1. The first-order chi connectivity index (χ1) is 12.5. The zero-order valence-corrected chi connectivity index (χ0v) is 15.5. The van der Waals surface area contributed by atoms with Crippen molar-refractivity contribution in [2.75, 3.05) is 10.6 Å². The van der Waals surface area contributed by atoms with Gasteiger partial charge in [0.05, 0.1) is 28.9 Å². The van der Waals surface area contributed by atoms with Crippen molar-refractivity contribution in [2.45, 2.75) is 45.1 Å². The zero-order chi connectivity index (χ0) is 18.5. The average molecular weight is 373 g/mol. The Bertz CT molecular complexity index is 776. The second-order valence-corrected chi connectivity index (χ2v) is 7.74. The fraction of sp³-hybridized carbons (Fsp3) is 0.421. The summed E-state index contributed by atoms with van der Waals surface area (Å²) in [6.07, 6.45) is 6.58. The molecule has 1 heterocycles. The van der Waals surface area contributed by atoms with E-state index < -0.39 is 5.97 Å². The molecule has 3 N–H and O–H groups in total. The van der Waals surface area contributed by atoms with Crippen molar-refractivity contribution < 1.29 is 14.7 Å². The molecule has 0 aliphatic heterocycles. The third-order valence-corrected chi connectivity index (χ3v) is 5.59. The topological polar surface area (TPSA) is 91.3 Å². The summed E-state index contributed by atoms with van der Waals surface area (Å²) < 4.78 is 0. The second-order valence-electron chi connectivity index (χ2n) is 6.77. The summed E-state index contributed by atoms with van der Waals surface area (Å²) in [5, 5.41) is 15.6. The normalized spacial score (nSPS) is 19.7. The molecule has 0 spiro atoms. The van der Waals surface area contributed by atoms with E-state index in [1.165, 1.54) is 36.7 Å². The van der Waals surface area contributed by atoms with Gasteiger partial charge in [-0.3, -0.25) is 9.78 Å². The molecule has 26 heavy (non-hydrogen) atoms. The molecule has 1 aromatic heterocycles. The number of nitrogens with zero attached hydrogens (tertiary/aromatic N) is 1. The number of nitrogens with one attached hydrogen (secondary N) is 2. The van der Waals surface area contributed by atoms with Crippen molar-refractivity contribution in [3.05, 3.63) is 40.3 Å². The molecule has 1 aromatic carbocycles. The van der Waals surface area contributed by atoms with Gasteiger partial charge in [-0.15, -0.1) is 11.3 Å². The predicted octanol–water partition coefficient (Wildman–Crippen LogP) is 4.01. The van der Waals surface area contributed by atoms with E-state index in [0.717, 1.165) is 17.0 Å². The molecule has 0 unspecified atom stereocenters. The van der Waals surface area contributed by atoms with Crippen LogP contribution in [0, 0.1) is 5.92 Å². The molecule has 1 aliphatic carbocycles. The molecular formula is C19H23N3O3S. The Labute approximate surface area is 156 Å². The van der Waals surface area contributed by atoms with E-state index in [0.29, 0.717) is 17.6 Å². The van der Waals surface area contributed by atoms with Crippen LogP contribution in [0.3, 0.4) is 0 Å². The largest absolute Gasteiger partial charge is 0.478 e. The van der Waals surface area contributed by atoms with Crippen LogP contribution in [-0.2, 0) is 11.2 Å². The minimum absolute atomic E-state index is 0.153. The van der Waals surface area contributed by atoms with Crippen molar-refractivity contribution in [1.82, 2.24) is 4.98 Å². The van der Waals surface area contributed by atoms with Gasteiger partial charge in [0.2, 0.25) is 5.91 Å². The molecule has 1 fully saturated rings. The maximum Gasteiger partial charge on any atom is 0.335 e. The highest BCUT2D eigenvalue weighted by atomic mass is 32.1. The molecule has 7 heteroatoms. The molecule has 6 nitrogen and oxygen atoms in total. The number of thiazole rings is 1. The number of amides is 1. The van der Waals surface area contributed by atoms with Crippen molar-refractivity contribution in [2.24, 2.45) is 5.92 Å². The average Bonchev–Trinajstić information content (AvgIpc) is 3.11. The number of aromatic carboxylic acids is 1. The molecule has 0 bridgehead atoms. The summed E-state index contributed by atoms with van der Waals surface area (Å²) in [5.74, 6) is -0.652. The summed E-state index contributed by atoms with van der Waals surface area (Å²) >= 11 is 1.42. The van der Waals surface area contributed by atoms with Crippen molar-refractivity contribution in [3.8, 4) is 0 Å². The molecule has 2 aromatic rings. The first-order valence-corrected chi connectivity index (χ1v) is 9.72. The van der Waals surface area contributed by atoms with Gasteiger partial charge in [0, 0.05) is 17.1 Å². The standard InChI is InChI=1S/C19H23N3O3S/c1-12-4-2-3-5-15(12)21-16-7-6-13(19(24)25)8-17(16)22-18(23)9-14-10-20-11-26-14/h6-8,10-12,15,21H,2-5,9H2,1H3,(H,22,23)(H,24,25)/t12-,15-/m1/s1. The van der Waals surface area contributed by atoms with Crippen molar-refractivity contribution >= 4 is 34.6 Å². The third kappa shape index (κ3) is 4.60. The van der Waals surface area contributed by atoms with Crippen LogP contribution in [0.2, 0.25) is 0 Å². The van der Waals surface area contributed by atoms with E-state index in [1.807, 2.05) is 0 Å². The Kier molecular flexibility index (Phi) is 5.88. The van der Waals surface area contributed by atoms with Crippen LogP contribution >= 0.6 is 11.3 Å². The van der Waals surface area contributed by atoms with E-state index in [2.05, 4.69) is 22.5 Å². The number of rotatable bonds is 6. The van der Waals surface area contributed by atoms with Gasteiger partial charge in [0.15, 0.2) is 0 Å². The summed E-state index contributed by atoms with van der Waals surface area (Å²) in [6, 6.07) is 5.16. The van der Waals surface area contributed by atoms with E-state index >= 15 is 0 Å². The van der Waals surface area contributed by atoms with E-state index in [-0.39, 0.29) is 17.9 Å². The lowest BCUT2D eigenvalue weighted by Gasteiger charge is -2.31. The lowest BCUT2D eigenvalue weighted by Crippen LogP contribution is -2.31. The maximum absolute atomic E-state index is 12.4. The Morgan fingerprint density at radius 2 is 2.08 bits per heavy atom. The number of aromatic nitrogens is 1. The van der Waals surface area contributed by atoms with Crippen molar-refractivity contribution in [1.29, 1.82) is 0 Å². The zero-order valence-electron chi connectivity index (χ0n) is 14.7. The summed E-state index contributed by atoms with van der Waals surface area (Å²) in [7, 11) is 0. The van der Waals surface area contributed by atoms with Gasteiger partial charge in [0.1, 0.15) is 0 Å². The van der Waals surface area contributed by atoms with Crippen molar-refractivity contribution in [3.63, 3.8) is 0 Å². The van der Waals surface area contributed by atoms with Crippen LogP contribution in [0.25, 0.3) is 0 Å². The molecule has 1 aliphatic rings. The first-order valence-electron chi connectivity index (χ1n) is 8.84. The fourth-order valence-electron chi connectivity index (χ4n) is 3.32. The van der Waals surface area contributed by atoms with Gasteiger partial charge in [-0.25, -0.2) is 4.79 Å². The van der Waals surface area contributed by atoms with E-state index in [4.69, 9.17) is 0 Å². The van der Waals surface area contributed by atoms with Gasteiger partial charge in [-0.1, -0.05) is 19.8 Å². The van der Waals surface area contributed by atoms with Gasteiger partial charge in [0.25, 0.3) is 0 Å². The number of benzene rings is 1. The maximum atomic E-state index is 12.4. The van der Waals surface area contributed by atoms with Crippen LogP contribution < -0.4 is 10.6 Å². The highest BCUT2D eigenvalue weighted by Gasteiger charge is 2.22.